The normalized spacial score (nSPS) is 14.6. The van der Waals surface area contributed by atoms with E-state index in [-0.39, 0.29) is 11.8 Å². The zero-order valence-corrected chi connectivity index (χ0v) is 10.9. The van der Waals surface area contributed by atoms with Gasteiger partial charge in [-0.05, 0) is 20.2 Å². The van der Waals surface area contributed by atoms with Crippen LogP contribution in [0.1, 0.15) is 6.92 Å². The molecule has 0 saturated heterocycles. The van der Waals surface area contributed by atoms with Crippen molar-refractivity contribution in [2.45, 2.75) is 13.0 Å². The molecule has 0 spiro atoms. The van der Waals surface area contributed by atoms with Crippen LogP contribution in [0.2, 0.25) is 0 Å². The highest BCUT2D eigenvalue weighted by molar-refractivity contribution is 7.98. The van der Waals surface area contributed by atoms with Crippen LogP contribution in [-0.2, 0) is 10.0 Å². The molecule has 0 saturated carbocycles. The van der Waals surface area contributed by atoms with Crippen molar-refractivity contribution < 1.29 is 8.42 Å². The summed E-state index contributed by atoms with van der Waals surface area (Å²) >= 11 is 1.66. The second-order valence-electron chi connectivity index (χ2n) is 3.24. The van der Waals surface area contributed by atoms with Crippen LogP contribution in [0, 0.1) is 0 Å². The van der Waals surface area contributed by atoms with E-state index in [4.69, 9.17) is 0 Å². The van der Waals surface area contributed by atoms with Gasteiger partial charge in [-0.1, -0.05) is 0 Å². The smallest absolute Gasteiger partial charge is 0.215 e. The summed E-state index contributed by atoms with van der Waals surface area (Å²) < 4.78 is 24.8. The first-order chi connectivity index (χ1) is 6.45. The molecular weight excluding hydrogens is 220 g/mol. The fraction of sp³-hybridized carbons (Fsp3) is 1.00. The highest BCUT2D eigenvalue weighted by Gasteiger charge is 2.21. The molecule has 0 aliphatic carbocycles. The van der Waals surface area contributed by atoms with E-state index < -0.39 is 10.0 Å². The van der Waals surface area contributed by atoms with E-state index in [1.54, 1.807) is 25.9 Å². The summed E-state index contributed by atoms with van der Waals surface area (Å²) in [5.74, 6) is 0.994. The Labute approximate surface area is 91.5 Å². The van der Waals surface area contributed by atoms with Crippen molar-refractivity contribution in [2.75, 3.05) is 38.4 Å². The minimum Gasteiger partial charge on any atom is -0.319 e. The Hall–Kier alpha value is 0.220. The van der Waals surface area contributed by atoms with Crippen molar-refractivity contribution in [3.05, 3.63) is 0 Å². The van der Waals surface area contributed by atoms with Crippen molar-refractivity contribution in [3.8, 4) is 0 Å². The lowest BCUT2D eigenvalue weighted by Crippen LogP contribution is -2.39. The lowest BCUT2D eigenvalue weighted by Gasteiger charge is -2.23. The van der Waals surface area contributed by atoms with Gasteiger partial charge in [-0.3, -0.25) is 0 Å². The number of nitrogens with one attached hydrogen (secondary N) is 1. The third-order valence-corrected chi connectivity index (χ3v) is 4.85. The largest absolute Gasteiger partial charge is 0.319 e. The van der Waals surface area contributed by atoms with E-state index in [9.17, 15) is 8.42 Å². The van der Waals surface area contributed by atoms with Crippen molar-refractivity contribution >= 4 is 21.8 Å². The van der Waals surface area contributed by atoms with E-state index in [1.165, 1.54) is 4.31 Å². The number of rotatable bonds is 7. The molecule has 1 atom stereocenters. The van der Waals surface area contributed by atoms with Crippen LogP contribution >= 0.6 is 11.8 Å². The first-order valence-electron chi connectivity index (χ1n) is 4.55. The third kappa shape index (κ3) is 4.63. The third-order valence-electron chi connectivity index (χ3n) is 2.08. The average Bonchev–Trinajstić information content (AvgIpc) is 2.14. The van der Waals surface area contributed by atoms with Crippen LogP contribution in [0.25, 0.3) is 0 Å². The first-order valence-corrected chi connectivity index (χ1v) is 7.55. The topological polar surface area (TPSA) is 49.4 Å². The van der Waals surface area contributed by atoms with Gasteiger partial charge in [-0.25, -0.2) is 12.7 Å². The molecule has 0 aliphatic heterocycles. The second-order valence-corrected chi connectivity index (χ2v) is 6.30. The van der Waals surface area contributed by atoms with Crippen LogP contribution in [0.15, 0.2) is 0 Å². The van der Waals surface area contributed by atoms with Crippen LogP contribution in [0.3, 0.4) is 0 Å². The van der Waals surface area contributed by atoms with Crippen LogP contribution in [0.4, 0.5) is 0 Å². The Bertz CT molecular complexity index is 242. The van der Waals surface area contributed by atoms with Gasteiger partial charge in [0.05, 0.1) is 5.75 Å². The van der Waals surface area contributed by atoms with Crippen molar-refractivity contribution in [2.24, 2.45) is 0 Å². The molecule has 6 heteroatoms. The van der Waals surface area contributed by atoms with Crippen LogP contribution in [0.5, 0.6) is 0 Å². The second kappa shape index (κ2) is 6.66. The van der Waals surface area contributed by atoms with Gasteiger partial charge in [-0.2, -0.15) is 11.8 Å². The Morgan fingerprint density at radius 3 is 2.50 bits per heavy atom. The molecule has 86 valence electrons. The summed E-state index contributed by atoms with van der Waals surface area (Å²) in [6.07, 6.45) is 1.98. The van der Waals surface area contributed by atoms with E-state index in [0.29, 0.717) is 6.54 Å². The van der Waals surface area contributed by atoms with E-state index >= 15 is 0 Å². The predicted molar refractivity (Wildman–Crippen MR) is 63.3 cm³/mol. The lowest BCUT2D eigenvalue weighted by atomic mass is 10.4. The van der Waals surface area contributed by atoms with E-state index in [2.05, 4.69) is 5.32 Å². The van der Waals surface area contributed by atoms with Gasteiger partial charge in [0, 0.05) is 25.4 Å². The first kappa shape index (κ1) is 14.2. The molecule has 4 nitrogen and oxygen atoms in total. The fourth-order valence-corrected chi connectivity index (χ4v) is 3.17. The zero-order chi connectivity index (χ0) is 11.2. The molecule has 0 rings (SSSR count). The minimum absolute atomic E-state index is 0.0619. The van der Waals surface area contributed by atoms with Gasteiger partial charge >= 0.3 is 0 Å². The van der Waals surface area contributed by atoms with Crippen LogP contribution < -0.4 is 5.32 Å². The summed E-state index contributed by atoms with van der Waals surface area (Å²) in [6.45, 7) is 2.42. The van der Waals surface area contributed by atoms with Gasteiger partial charge in [0.25, 0.3) is 0 Å². The molecule has 0 aromatic carbocycles. The fourth-order valence-electron chi connectivity index (χ4n) is 0.995. The number of nitrogens with zero attached hydrogens (tertiary/aromatic N) is 1. The Kier molecular flexibility index (Phi) is 6.76. The quantitative estimate of drug-likeness (QED) is 0.691. The van der Waals surface area contributed by atoms with Gasteiger partial charge in [0.15, 0.2) is 0 Å². The van der Waals surface area contributed by atoms with Crippen molar-refractivity contribution in [1.29, 1.82) is 0 Å². The Balaban J connectivity index is 4.27. The minimum atomic E-state index is -3.09. The molecule has 0 aliphatic rings. The number of hydrogen-bond acceptors (Lipinski definition) is 4. The van der Waals surface area contributed by atoms with Gasteiger partial charge in [0.1, 0.15) is 0 Å². The molecule has 0 radical (unpaired) electrons. The summed E-state index contributed by atoms with van der Waals surface area (Å²) in [4.78, 5) is 0. The van der Waals surface area contributed by atoms with Gasteiger partial charge < -0.3 is 5.32 Å². The Morgan fingerprint density at radius 1 is 1.50 bits per heavy atom. The average molecular weight is 240 g/mol. The highest BCUT2D eigenvalue weighted by atomic mass is 32.2. The lowest BCUT2D eigenvalue weighted by molar-refractivity contribution is 0.414. The number of hydrogen-bond donors (Lipinski definition) is 1. The van der Waals surface area contributed by atoms with E-state index in [1.807, 2.05) is 13.2 Å². The Morgan fingerprint density at radius 2 is 2.07 bits per heavy atom. The summed E-state index contributed by atoms with van der Waals surface area (Å²) in [6, 6.07) is 0.0619. The monoisotopic (exact) mass is 240 g/mol. The summed E-state index contributed by atoms with van der Waals surface area (Å²) in [5.41, 5.74) is 0. The maximum Gasteiger partial charge on any atom is 0.215 e. The molecule has 0 aromatic heterocycles. The van der Waals surface area contributed by atoms with Gasteiger partial charge in [-0.15, -0.1) is 0 Å². The van der Waals surface area contributed by atoms with Crippen molar-refractivity contribution in [1.82, 2.24) is 9.62 Å². The molecule has 1 unspecified atom stereocenters. The van der Waals surface area contributed by atoms with Gasteiger partial charge in [0.2, 0.25) is 10.0 Å². The maximum absolute atomic E-state index is 11.7. The molecule has 14 heavy (non-hydrogen) atoms. The summed E-state index contributed by atoms with van der Waals surface area (Å²) in [5, 5.41) is 2.84. The number of thioether (sulfide) groups is 1. The molecule has 0 amide bonds. The highest BCUT2D eigenvalue weighted by Crippen LogP contribution is 2.08. The van der Waals surface area contributed by atoms with Crippen LogP contribution in [-0.4, -0.2) is 57.2 Å². The molecule has 0 heterocycles. The maximum atomic E-state index is 11.7. The zero-order valence-electron chi connectivity index (χ0n) is 9.28. The van der Waals surface area contributed by atoms with Crippen molar-refractivity contribution in [3.63, 3.8) is 0 Å². The molecule has 0 bridgehead atoms. The standard InChI is InChI=1S/C8H20N2O2S2/c1-8(7-13-4)10(3)14(11,12)6-5-9-2/h8-9H,5-7H2,1-4H3. The molecule has 0 aromatic rings. The number of sulfonamides is 1. The molecular formula is C8H20N2O2S2. The SMILES string of the molecule is CNCCS(=O)(=O)N(C)C(C)CSC. The molecule has 0 fully saturated rings. The van der Waals surface area contributed by atoms with E-state index in [0.717, 1.165) is 5.75 Å². The predicted octanol–water partition coefficient (Wildman–Crippen LogP) is 0.219. The molecule has 1 N–H and O–H groups in total. The summed E-state index contributed by atoms with van der Waals surface area (Å²) in [7, 11) is 0.309.